The molecule has 136 valence electrons. The predicted molar refractivity (Wildman–Crippen MR) is 100 cm³/mol. The number of hydrogen-bond donors (Lipinski definition) is 0. The lowest BCUT2D eigenvalue weighted by molar-refractivity contribution is -0.138. The summed E-state index contributed by atoms with van der Waals surface area (Å²) in [5, 5.41) is 9.11. The van der Waals surface area contributed by atoms with E-state index in [1.165, 1.54) is 35.7 Å². The summed E-state index contributed by atoms with van der Waals surface area (Å²) in [7, 11) is 0. The summed E-state index contributed by atoms with van der Waals surface area (Å²) in [4.78, 5) is 27.6. The highest BCUT2D eigenvalue weighted by atomic mass is 32.2. The van der Waals surface area contributed by atoms with Crippen LogP contribution in [0.15, 0.2) is 42.5 Å². The minimum Gasteiger partial charge on any atom is -0.315 e. The highest BCUT2D eigenvalue weighted by Gasteiger charge is 2.58. The molecule has 0 aromatic heterocycles. The maximum absolute atomic E-state index is 14.0. The van der Waals surface area contributed by atoms with Gasteiger partial charge in [0, 0.05) is 24.8 Å². The van der Waals surface area contributed by atoms with Gasteiger partial charge in [0.1, 0.15) is 5.82 Å². The molecule has 1 fully saturated rings. The van der Waals surface area contributed by atoms with Gasteiger partial charge in [-0.2, -0.15) is 5.26 Å². The molecule has 2 aromatic carbocycles. The molecular weight excluding hydrogens is 365 g/mol. The Labute approximate surface area is 160 Å². The van der Waals surface area contributed by atoms with Crippen molar-refractivity contribution in [2.75, 3.05) is 17.2 Å². The third kappa shape index (κ3) is 2.60. The number of nitrogens with zero attached hydrogens (tertiary/aromatic N) is 3. The van der Waals surface area contributed by atoms with Crippen molar-refractivity contribution < 1.29 is 14.0 Å². The Morgan fingerprint density at radius 3 is 2.89 bits per heavy atom. The molecule has 7 heteroatoms. The summed E-state index contributed by atoms with van der Waals surface area (Å²) < 4.78 is 14.0. The van der Waals surface area contributed by atoms with E-state index in [1.54, 1.807) is 29.2 Å². The number of carbonyl (C=O) groups excluding carboxylic acids is 2. The number of hydrogen-bond acceptors (Lipinski definition) is 4. The Bertz CT molecular complexity index is 1000. The maximum Gasteiger partial charge on any atom is 0.268 e. The fourth-order valence-electron chi connectivity index (χ4n) is 3.80. The van der Waals surface area contributed by atoms with Crippen molar-refractivity contribution in [1.29, 1.82) is 5.26 Å². The van der Waals surface area contributed by atoms with Crippen molar-refractivity contribution in [3.63, 3.8) is 0 Å². The minimum atomic E-state index is -1.21. The average Bonchev–Trinajstić information content (AvgIpc) is 3.20. The lowest BCUT2D eigenvalue weighted by atomic mass is 10.1. The number of benzene rings is 2. The fraction of sp³-hybridized carbons (Fsp3) is 0.250. The van der Waals surface area contributed by atoms with Gasteiger partial charge in [0.05, 0.1) is 23.9 Å². The number of nitriles is 1. The Balaban J connectivity index is 1.82. The van der Waals surface area contributed by atoms with Gasteiger partial charge in [-0.25, -0.2) is 4.39 Å². The van der Waals surface area contributed by atoms with Crippen molar-refractivity contribution >= 4 is 29.3 Å². The standard InChI is InChI=1S/C20H16FN3O2S/c1-13(25)24-7-8-27-20(24)17-10-16(21)5-6-18(17)23(19(20)26)12-15-4-2-3-14(9-15)11-22/h2-6,9-10H,7-8,12H2,1H3/t20-/m0/s1. The normalized spacial score (nSPS) is 20.9. The second-order valence-electron chi connectivity index (χ2n) is 6.53. The number of anilines is 1. The highest BCUT2D eigenvalue weighted by molar-refractivity contribution is 8.01. The van der Waals surface area contributed by atoms with E-state index < -0.39 is 10.7 Å². The third-order valence-electron chi connectivity index (χ3n) is 4.93. The summed E-state index contributed by atoms with van der Waals surface area (Å²) in [6.45, 7) is 2.12. The molecule has 0 saturated carbocycles. The first-order chi connectivity index (χ1) is 13.0. The lowest BCUT2D eigenvalue weighted by Crippen LogP contribution is -2.49. The van der Waals surface area contributed by atoms with Crippen LogP contribution in [0.5, 0.6) is 0 Å². The van der Waals surface area contributed by atoms with Crippen LogP contribution in [0.4, 0.5) is 10.1 Å². The Morgan fingerprint density at radius 2 is 2.15 bits per heavy atom. The first-order valence-electron chi connectivity index (χ1n) is 8.50. The van der Waals surface area contributed by atoms with Crippen LogP contribution in [0.1, 0.15) is 23.6 Å². The van der Waals surface area contributed by atoms with Crippen LogP contribution in [0, 0.1) is 17.1 Å². The lowest BCUT2D eigenvalue weighted by Gasteiger charge is -2.32. The molecule has 1 atom stereocenters. The van der Waals surface area contributed by atoms with Gasteiger partial charge in [0.15, 0.2) is 4.87 Å². The van der Waals surface area contributed by atoms with E-state index in [1.807, 2.05) is 6.07 Å². The second kappa shape index (κ2) is 6.39. The first kappa shape index (κ1) is 17.6. The van der Waals surface area contributed by atoms with Gasteiger partial charge in [0.25, 0.3) is 5.91 Å². The molecule has 1 saturated heterocycles. The number of amides is 2. The molecule has 0 radical (unpaired) electrons. The summed E-state index contributed by atoms with van der Waals surface area (Å²) >= 11 is 1.37. The van der Waals surface area contributed by atoms with E-state index in [0.717, 1.165) is 5.56 Å². The third-order valence-corrected chi connectivity index (χ3v) is 6.35. The van der Waals surface area contributed by atoms with E-state index in [-0.39, 0.29) is 18.4 Å². The Hall–Kier alpha value is -2.85. The molecule has 2 aliphatic heterocycles. The van der Waals surface area contributed by atoms with Crippen LogP contribution in [-0.4, -0.2) is 29.0 Å². The van der Waals surface area contributed by atoms with E-state index in [2.05, 4.69) is 6.07 Å². The molecule has 2 aliphatic rings. The first-order valence-corrected chi connectivity index (χ1v) is 9.49. The van der Waals surface area contributed by atoms with Gasteiger partial charge in [0.2, 0.25) is 5.91 Å². The Morgan fingerprint density at radius 1 is 1.33 bits per heavy atom. The molecule has 1 spiro atoms. The van der Waals surface area contributed by atoms with Crippen LogP contribution < -0.4 is 4.90 Å². The molecule has 2 amide bonds. The Kier molecular flexibility index (Phi) is 4.16. The molecule has 27 heavy (non-hydrogen) atoms. The van der Waals surface area contributed by atoms with Gasteiger partial charge >= 0.3 is 0 Å². The van der Waals surface area contributed by atoms with Crippen LogP contribution >= 0.6 is 11.8 Å². The minimum absolute atomic E-state index is 0.211. The quantitative estimate of drug-likeness (QED) is 0.802. The van der Waals surface area contributed by atoms with Crippen LogP contribution in [0.3, 0.4) is 0 Å². The average molecular weight is 381 g/mol. The molecule has 2 aromatic rings. The summed E-state index contributed by atoms with van der Waals surface area (Å²) in [5.74, 6) is -0.288. The van der Waals surface area contributed by atoms with Gasteiger partial charge in [-0.05, 0) is 35.9 Å². The molecule has 0 N–H and O–H groups in total. The SMILES string of the molecule is CC(=O)N1CCS[C@@]12C(=O)N(Cc1cccc(C#N)c1)c1ccc(F)cc12. The van der Waals surface area contributed by atoms with Crippen molar-refractivity contribution in [1.82, 2.24) is 4.90 Å². The topological polar surface area (TPSA) is 64.4 Å². The van der Waals surface area contributed by atoms with E-state index in [9.17, 15) is 14.0 Å². The predicted octanol–water partition coefficient (Wildman–Crippen LogP) is 2.99. The molecular formula is C20H16FN3O2S. The number of carbonyl (C=O) groups is 2. The summed E-state index contributed by atoms with van der Waals surface area (Å²) in [6, 6.07) is 13.4. The van der Waals surface area contributed by atoms with Crippen molar-refractivity contribution in [3.05, 3.63) is 65.0 Å². The van der Waals surface area contributed by atoms with Crippen LogP contribution in [0.2, 0.25) is 0 Å². The number of halogens is 1. The van der Waals surface area contributed by atoms with Gasteiger partial charge in [-0.15, -0.1) is 11.8 Å². The molecule has 5 nitrogen and oxygen atoms in total. The second-order valence-corrected chi connectivity index (χ2v) is 7.82. The number of thioether (sulfide) groups is 1. The maximum atomic E-state index is 14.0. The van der Waals surface area contributed by atoms with E-state index >= 15 is 0 Å². The number of fused-ring (bicyclic) bond motifs is 2. The van der Waals surface area contributed by atoms with E-state index in [0.29, 0.717) is 29.1 Å². The smallest absolute Gasteiger partial charge is 0.268 e. The van der Waals surface area contributed by atoms with E-state index in [4.69, 9.17) is 5.26 Å². The van der Waals surface area contributed by atoms with Crippen LogP contribution in [-0.2, 0) is 21.0 Å². The number of rotatable bonds is 2. The zero-order valence-electron chi connectivity index (χ0n) is 14.6. The van der Waals surface area contributed by atoms with Gasteiger partial charge in [-0.3, -0.25) is 9.59 Å². The zero-order valence-corrected chi connectivity index (χ0v) is 15.4. The monoisotopic (exact) mass is 381 g/mol. The summed E-state index contributed by atoms with van der Waals surface area (Å²) in [6.07, 6.45) is 0. The molecule has 2 heterocycles. The molecule has 4 rings (SSSR count). The molecule has 0 aliphatic carbocycles. The van der Waals surface area contributed by atoms with Crippen molar-refractivity contribution in [2.45, 2.75) is 18.3 Å². The van der Waals surface area contributed by atoms with Crippen molar-refractivity contribution in [3.8, 4) is 6.07 Å². The van der Waals surface area contributed by atoms with Gasteiger partial charge in [-0.1, -0.05) is 12.1 Å². The fourth-order valence-corrected chi connectivity index (χ4v) is 5.30. The highest BCUT2D eigenvalue weighted by Crippen LogP contribution is 2.54. The zero-order chi connectivity index (χ0) is 19.2. The molecule has 0 unspecified atom stereocenters. The molecule has 0 bridgehead atoms. The van der Waals surface area contributed by atoms with Crippen molar-refractivity contribution in [2.24, 2.45) is 0 Å². The van der Waals surface area contributed by atoms with Crippen LogP contribution in [0.25, 0.3) is 0 Å². The summed E-state index contributed by atoms with van der Waals surface area (Å²) in [5.41, 5.74) is 2.42. The van der Waals surface area contributed by atoms with Gasteiger partial charge < -0.3 is 9.80 Å². The largest absolute Gasteiger partial charge is 0.315 e.